The monoisotopic (exact) mass is 394 g/mol. The predicted octanol–water partition coefficient (Wildman–Crippen LogP) is 3.45. The maximum Gasteiger partial charge on any atom is 0.319 e. The third kappa shape index (κ3) is 3.66. The van der Waals surface area contributed by atoms with Gasteiger partial charge in [0.05, 0.1) is 23.4 Å². The molecule has 0 aliphatic carbocycles. The number of ether oxygens (including phenoxy) is 1. The number of fused-ring (bicyclic) bond motifs is 1. The van der Waals surface area contributed by atoms with Crippen LogP contribution < -0.4 is 5.56 Å². The first kappa shape index (κ1) is 19.0. The predicted molar refractivity (Wildman–Crippen MR) is 101 cm³/mol. The Bertz CT molecular complexity index is 883. The Hall–Kier alpha value is -1.80. The first-order valence-electron chi connectivity index (χ1n) is 8.27. The summed E-state index contributed by atoms with van der Waals surface area (Å²) >= 11 is 2.71. The Labute approximate surface area is 159 Å². The lowest BCUT2D eigenvalue weighted by Gasteiger charge is -2.17. The molecule has 26 heavy (non-hydrogen) atoms. The van der Waals surface area contributed by atoms with Gasteiger partial charge in [-0.25, -0.2) is 9.37 Å². The lowest BCUT2D eigenvalue weighted by atomic mass is 10.2. The molecule has 5 nitrogen and oxygen atoms in total. The second-order valence-corrected chi connectivity index (χ2v) is 8.58. The summed E-state index contributed by atoms with van der Waals surface area (Å²) in [5, 5.41) is 0.227. The van der Waals surface area contributed by atoms with Crippen molar-refractivity contribution in [2.45, 2.75) is 47.2 Å². The van der Waals surface area contributed by atoms with Crippen LogP contribution in [0.1, 0.15) is 26.0 Å². The van der Waals surface area contributed by atoms with Crippen LogP contribution in [0.5, 0.6) is 0 Å². The molecule has 2 heterocycles. The lowest BCUT2D eigenvalue weighted by molar-refractivity contribution is -0.140. The quantitative estimate of drug-likeness (QED) is 0.440. The summed E-state index contributed by atoms with van der Waals surface area (Å²) in [7, 11) is 1.34. The van der Waals surface area contributed by atoms with Crippen molar-refractivity contribution in [2.24, 2.45) is 0 Å². The number of esters is 1. The van der Waals surface area contributed by atoms with E-state index >= 15 is 0 Å². The van der Waals surface area contributed by atoms with Gasteiger partial charge >= 0.3 is 5.97 Å². The smallest absolute Gasteiger partial charge is 0.319 e. The molecular weight excluding hydrogens is 375 g/mol. The number of aromatic nitrogens is 2. The molecule has 138 valence electrons. The Morgan fingerprint density at radius 3 is 2.77 bits per heavy atom. The van der Waals surface area contributed by atoms with E-state index in [1.165, 1.54) is 59.5 Å². The summed E-state index contributed by atoms with van der Waals surface area (Å²) in [6, 6.07) is 5.68. The molecule has 0 fully saturated rings. The summed E-state index contributed by atoms with van der Waals surface area (Å²) in [6.45, 7) is 3.92. The SMILES string of the molecule is CC[C@H](Sc1nc2c(c(=O)n1-c1ccc(F)cc1)S[C@H](C)C2)C(=O)OC. The zero-order chi connectivity index (χ0) is 18.8. The lowest BCUT2D eigenvalue weighted by Crippen LogP contribution is -2.26. The van der Waals surface area contributed by atoms with Crippen LogP contribution in [0, 0.1) is 5.82 Å². The molecule has 0 spiro atoms. The highest BCUT2D eigenvalue weighted by atomic mass is 32.2. The van der Waals surface area contributed by atoms with Gasteiger partial charge in [-0.1, -0.05) is 25.6 Å². The second kappa shape index (κ2) is 7.84. The van der Waals surface area contributed by atoms with Gasteiger partial charge in [0.1, 0.15) is 11.1 Å². The van der Waals surface area contributed by atoms with Crippen molar-refractivity contribution in [3.63, 3.8) is 0 Å². The minimum Gasteiger partial charge on any atom is -0.468 e. The van der Waals surface area contributed by atoms with E-state index in [-0.39, 0.29) is 22.6 Å². The average molecular weight is 394 g/mol. The number of carbonyl (C=O) groups is 1. The van der Waals surface area contributed by atoms with Gasteiger partial charge in [0.2, 0.25) is 0 Å². The third-order valence-corrected chi connectivity index (χ3v) is 6.56. The molecule has 0 unspecified atom stereocenters. The molecule has 2 atom stereocenters. The molecule has 1 aliphatic heterocycles. The molecule has 8 heteroatoms. The number of carbonyl (C=O) groups excluding carboxylic acids is 1. The first-order chi connectivity index (χ1) is 12.4. The fourth-order valence-corrected chi connectivity index (χ4v) is 4.92. The van der Waals surface area contributed by atoms with Crippen LogP contribution in [0.3, 0.4) is 0 Å². The van der Waals surface area contributed by atoms with Crippen molar-refractivity contribution in [2.75, 3.05) is 7.11 Å². The van der Waals surface area contributed by atoms with Gasteiger partial charge < -0.3 is 4.74 Å². The largest absolute Gasteiger partial charge is 0.468 e. The number of hydrogen-bond acceptors (Lipinski definition) is 6. The molecule has 0 amide bonds. The van der Waals surface area contributed by atoms with Gasteiger partial charge in [-0.3, -0.25) is 14.2 Å². The van der Waals surface area contributed by atoms with Crippen molar-refractivity contribution in [1.82, 2.24) is 9.55 Å². The van der Waals surface area contributed by atoms with E-state index in [0.717, 1.165) is 5.69 Å². The number of rotatable bonds is 5. The number of hydrogen-bond donors (Lipinski definition) is 0. The molecule has 3 rings (SSSR count). The standard InChI is InChI=1S/C18H19FN2O3S2/c1-4-14(17(23)24-3)26-18-20-13-9-10(2)25-15(13)16(22)21(18)12-7-5-11(19)6-8-12/h5-8,10,14H,4,9H2,1-3H3/t10-,14+/m1/s1. The normalized spacial score (nSPS) is 17.0. The van der Waals surface area contributed by atoms with Gasteiger partial charge in [0, 0.05) is 11.7 Å². The fraction of sp³-hybridized carbons (Fsp3) is 0.389. The Morgan fingerprint density at radius 2 is 2.15 bits per heavy atom. The van der Waals surface area contributed by atoms with Crippen LogP contribution in [0.15, 0.2) is 39.1 Å². The molecule has 1 aromatic carbocycles. The van der Waals surface area contributed by atoms with Gasteiger partial charge in [-0.2, -0.15) is 0 Å². The van der Waals surface area contributed by atoms with Gasteiger partial charge in [0.15, 0.2) is 5.16 Å². The highest BCUT2D eigenvalue weighted by molar-refractivity contribution is 8.00. The highest BCUT2D eigenvalue weighted by Crippen LogP contribution is 2.36. The topological polar surface area (TPSA) is 61.2 Å². The second-order valence-electron chi connectivity index (χ2n) is 5.96. The Morgan fingerprint density at radius 1 is 1.46 bits per heavy atom. The van der Waals surface area contributed by atoms with Crippen molar-refractivity contribution in [3.05, 3.63) is 46.1 Å². The van der Waals surface area contributed by atoms with E-state index in [0.29, 0.717) is 28.6 Å². The Kier molecular flexibility index (Phi) is 5.72. The minimum atomic E-state index is -0.469. The molecule has 0 saturated carbocycles. The van der Waals surface area contributed by atoms with Crippen molar-refractivity contribution >= 4 is 29.5 Å². The molecule has 0 saturated heterocycles. The highest BCUT2D eigenvalue weighted by Gasteiger charge is 2.29. The number of methoxy groups -OCH3 is 1. The fourth-order valence-electron chi connectivity index (χ4n) is 2.75. The molecule has 1 aromatic heterocycles. The van der Waals surface area contributed by atoms with Crippen LogP contribution >= 0.6 is 23.5 Å². The van der Waals surface area contributed by atoms with Crippen molar-refractivity contribution < 1.29 is 13.9 Å². The van der Waals surface area contributed by atoms with Gasteiger partial charge in [0.25, 0.3) is 5.56 Å². The van der Waals surface area contributed by atoms with Crippen LogP contribution in [0.4, 0.5) is 4.39 Å². The van der Waals surface area contributed by atoms with E-state index < -0.39 is 5.25 Å². The number of thioether (sulfide) groups is 2. The average Bonchev–Trinajstić information content (AvgIpc) is 3.01. The number of nitrogens with zero attached hydrogens (tertiary/aromatic N) is 2. The van der Waals surface area contributed by atoms with Crippen LogP contribution in [-0.4, -0.2) is 33.1 Å². The summed E-state index contributed by atoms with van der Waals surface area (Å²) in [5.74, 6) is -0.741. The molecule has 0 N–H and O–H groups in total. The van der Waals surface area contributed by atoms with Crippen LogP contribution in [0.2, 0.25) is 0 Å². The third-order valence-electron chi connectivity index (χ3n) is 4.05. The van der Waals surface area contributed by atoms with E-state index in [1.54, 1.807) is 0 Å². The first-order valence-corrected chi connectivity index (χ1v) is 10.0. The van der Waals surface area contributed by atoms with E-state index in [4.69, 9.17) is 4.74 Å². The van der Waals surface area contributed by atoms with E-state index in [2.05, 4.69) is 4.98 Å². The maximum atomic E-state index is 13.3. The molecular formula is C18H19FN2O3S2. The van der Waals surface area contributed by atoms with E-state index in [9.17, 15) is 14.0 Å². The molecule has 2 aromatic rings. The van der Waals surface area contributed by atoms with E-state index in [1.807, 2.05) is 13.8 Å². The van der Waals surface area contributed by atoms with Crippen LogP contribution in [0.25, 0.3) is 5.69 Å². The molecule has 1 aliphatic rings. The minimum absolute atomic E-state index is 0.182. The van der Waals surface area contributed by atoms with Crippen molar-refractivity contribution in [3.8, 4) is 5.69 Å². The van der Waals surface area contributed by atoms with Crippen molar-refractivity contribution in [1.29, 1.82) is 0 Å². The Balaban J connectivity index is 2.14. The van der Waals surface area contributed by atoms with Gasteiger partial charge in [-0.05, 0) is 30.7 Å². The van der Waals surface area contributed by atoms with Gasteiger partial charge in [-0.15, -0.1) is 11.8 Å². The summed E-state index contributed by atoms with van der Waals surface area (Å²) in [5.41, 5.74) is 1.10. The maximum absolute atomic E-state index is 13.3. The van der Waals surface area contributed by atoms with Crippen LogP contribution in [-0.2, 0) is 16.0 Å². The number of benzene rings is 1. The zero-order valence-electron chi connectivity index (χ0n) is 14.7. The zero-order valence-corrected chi connectivity index (χ0v) is 16.3. The molecule has 0 radical (unpaired) electrons. The summed E-state index contributed by atoms with van der Waals surface area (Å²) < 4.78 is 19.6. The molecule has 0 bridgehead atoms. The summed E-state index contributed by atoms with van der Waals surface area (Å²) in [4.78, 5) is 30.4. The number of halogens is 1. The summed E-state index contributed by atoms with van der Waals surface area (Å²) in [6.07, 6.45) is 1.25.